The maximum absolute atomic E-state index is 12.2. The third-order valence-electron chi connectivity index (χ3n) is 2.45. The van der Waals surface area contributed by atoms with E-state index in [0.717, 1.165) is 0 Å². The second-order valence-corrected chi connectivity index (χ2v) is 7.45. The van der Waals surface area contributed by atoms with E-state index in [1.165, 1.54) is 30.6 Å². The predicted molar refractivity (Wildman–Crippen MR) is 83.8 cm³/mol. The second kappa shape index (κ2) is 6.12. The van der Waals surface area contributed by atoms with Gasteiger partial charge in [0.25, 0.3) is 10.0 Å². The number of carboxylic acid groups (broad SMARTS) is 1. The highest BCUT2D eigenvalue weighted by Gasteiger charge is 2.19. The van der Waals surface area contributed by atoms with Crippen LogP contribution >= 0.6 is 31.9 Å². The van der Waals surface area contributed by atoms with Crippen molar-refractivity contribution in [1.82, 2.24) is 4.98 Å². The predicted octanol–water partition coefficient (Wildman–Crippen LogP) is 3.11. The number of carbonyl (C=O) groups is 1. The highest BCUT2D eigenvalue weighted by Crippen LogP contribution is 2.24. The van der Waals surface area contributed by atoms with Crippen LogP contribution in [0, 0.1) is 0 Å². The Hall–Kier alpha value is -1.45. The van der Waals surface area contributed by atoms with E-state index in [2.05, 4.69) is 41.6 Å². The van der Waals surface area contributed by atoms with E-state index in [-0.39, 0.29) is 16.1 Å². The van der Waals surface area contributed by atoms with Gasteiger partial charge < -0.3 is 5.11 Å². The molecule has 1 heterocycles. The summed E-state index contributed by atoms with van der Waals surface area (Å²) in [7, 11) is -3.93. The van der Waals surface area contributed by atoms with Gasteiger partial charge in [-0.25, -0.2) is 13.2 Å². The van der Waals surface area contributed by atoms with E-state index in [0.29, 0.717) is 8.95 Å². The van der Waals surface area contributed by atoms with E-state index in [4.69, 9.17) is 5.11 Å². The van der Waals surface area contributed by atoms with Crippen LogP contribution in [0.1, 0.15) is 10.4 Å². The number of halogens is 2. The van der Waals surface area contributed by atoms with Crippen LogP contribution in [0.25, 0.3) is 0 Å². The Morgan fingerprint density at radius 1 is 1.14 bits per heavy atom. The number of sulfonamides is 1. The Morgan fingerprint density at radius 3 is 2.48 bits per heavy atom. The maximum Gasteiger partial charge on any atom is 0.337 e. The smallest absolute Gasteiger partial charge is 0.337 e. The van der Waals surface area contributed by atoms with Crippen LogP contribution in [0.3, 0.4) is 0 Å². The topological polar surface area (TPSA) is 96.4 Å². The first-order valence-corrected chi connectivity index (χ1v) is 8.53. The molecule has 0 bridgehead atoms. The Bertz CT molecular complexity index is 809. The zero-order chi connectivity index (χ0) is 15.6. The molecule has 0 aliphatic heterocycles. The van der Waals surface area contributed by atoms with E-state index in [1.54, 1.807) is 6.07 Å². The van der Waals surface area contributed by atoms with Crippen molar-refractivity contribution in [3.63, 3.8) is 0 Å². The third-order valence-corrected chi connectivity index (χ3v) is 4.71. The summed E-state index contributed by atoms with van der Waals surface area (Å²) < 4.78 is 27.8. The molecule has 21 heavy (non-hydrogen) atoms. The van der Waals surface area contributed by atoms with Crippen LogP contribution in [-0.2, 0) is 10.0 Å². The van der Waals surface area contributed by atoms with Crippen molar-refractivity contribution in [2.75, 3.05) is 4.72 Å². The molecule has 0 unspecified atom stereocenters. The van der Waals surface area contributed by atoms with Crippen LogP contribution in [-0.4, -0.2) is 24.5 Å². The summed E-state index contributed by atoms with van der Waals surface area (Å²) in [4.78, 5) is 14.9. The fourth-order valence-corrected chi connectivity index (χ4v) is 3.47. The number of rotatable bonds is 4. The number of aromatic nitrogens is 1. The molecule has 0 radical (unpaired) electrons. The average molecular weight is 436 g/mol. The van der Waals surface area contributed by atoms with Crippen LogP contribution in [0.5, 0.6) is 0 Å². The quantitative estimate of drug-likeness (QED) is 0.768. The van der Waals surface area contributed by atoms with Crippen LogP contribution in [0.2, 0.25) is 0 Å². The molecule has 2 aromatic rings. The molecule has 110 valence electrons. The van der Waals surface area contributed by atoms with Gasteiger partial charge in [0, 0.05) is 21.3 Å². The molecule has 0 fully saturated rings. The lowest BCUT2D eigenvalue weighted by Crippen LogP contribution is -2.15. The number of hydrogen-bond donors (Lipinski definition) is 2. The van der Waals surface area contributed by atoms with Gasteiger partial charge in [0.15, 0.2) is 0 Å². The number of nitrogens with one attached hydrogen (secondary N) is 1. The fourth-order valence-electron chi connectivity index (χ4n) is 1.53. The number of pyridine rings is 1. The third kappa shape index (κ3) is 3.80. The molecule has 0 atom stereocenters. The molecule has 0 aliphatic carbocycles. The minimum Gasteiger partial charge on any atom is -0.478 e. The Morgan fingerprint density at radius 2 is 1.86 bits per heavy atom. The van der Waals surface area contributed by atoms with Crippen molar-refractivity contribution in [3.05, 3.63) is 51.2 Å². The van der Waals surface area contributed by atoms with E-state index >= 15 is 0 Å². The van der Waals surface area contributed by atoms with E-state index in [9.17, 15) is 13.2 Å². The lowest BCUT2D eigenvalue weighted by molar-refractivity contribution is 0.0698. The molecule has 2 rings (SSSR count). The second-order valence-electron chi connectivity index (χ2n) is 3.94. The van der Waals surface area contributed by atoms with Crippen molar-refractivity contribution >= 4 is 53.5 Å². The summed E-state index contributed by atoms with van der Waals surface area (Å²) >= 11 is 6.27. The van der Waals surface area contributed by atoms with Gasteiger partial charge in [-0.2, -0.15) is 0 Å². The van der Waals surface area contributed by atoms with Crippen LogP contribution in [0.4, 0.5) is 5.69 Å². The first-order valence-electron chi connectivity index (χ1n) is 5.46. The van der Waals surface area contributed by atoms with Gasteiger partial charge >= 0.3 is 5.97 Å². The number of anilines is 1. The molecule has 1 aromatic heterocycles. The summed E-state index contributed by atoms with van der Waals surface area (Å²) in [5.74, 6) is -1.23. The molecule has 0 spiro atoms. The molecule has 0 aliphatic rings. The van der Waals surface area contributed by atoms with Gasteiger partial charge in [0.2, 0.25) is 0 Å². The summed E-state index contributed by atoms with van der Waals surface area (Å²) in [5.41, 5.74) is -0.179. The molecule has 0 saturated heterocycles. The van der Waals surface area contributed by atoms with Gasteiger partial charge in [-0.15, -0.1) is 0 Å². The van der Waals surface area contributed by atoms with Crippen molar-refractivity contribution < 1.29 is 18.3 Å². The standard InChI is InChI=1S/C12H8Br2N2O4S/c13-7-1-2-11(10(4-7)12(17)18)16-21(19,20)9-3-8(14)5-15-6-9/h1-6,16H,(H,17,18). The molecular formula is C12H8Br2N2O4S. The Labute approximate surface area is 137 Å². The summed E-state index contributed by atoms with van der Waals surface area (Å²) in [6.07, 6.45) is 2.62. The monoisotopic (exact) mass is 434 g/mol. The number of aromatic carboxylic acids is 1. The van der Waals surface area contributed by atoms with Gasteiger partial charge in [-0.05, 0) is 40.2 Å². The Balaban J connectivity index is 2.44. The van der Waals surface area contributed by atoms with Gasteiger partial charge in [0.05, 0.1) is 11.3 Å². The van der Waals surface area contributed by atoms with Crippen molar-refractivity contribution in [3.8, 4) is 0 Å². The minimum absolute atomic E-state index is 0.0225. The molecule has 0 saturated carbocycles. The maximum atomic E-state index is 12.2. The highest BCUT2D eigenvalue weighted by molar-refractivity contribution is 9.10. The number of benzene rings is 1. The molecule has 1 aromatic carbocycles. The van der Waals surface area contributed by atoms with Gasteiger partial charge in [-0.3, -0.25) is 9.71 Å². The summed E-state index contributed by atoms with van der Waals surface area (Å²) in [6, 6.07) is 5.61. The molecule has 2 N–H and O–H groups in total. The number of hydrogen-bond acceptors (Lipinski definition) is 4. The summed E-state index contributed by atoms with van der Waals surface area (Å²) in [5, 5.41) is 9.13. The zero-order valence-corrected chi connectivity index (χ0v) is 14.2. The van der Waals surface area contributed by atoms with Crippen molar-refractivity contribution in [1.29, 1.82) is 0 Å². The number of nitrogens with zero attached hydrogens (tertiary/aromatic N) is 1. The molecular weight excluding hydrogens is 428 g/mol. The largest absolute Gasteiger partial charge is 0.478 e. The molecule has 0 amide bonds. The lowest BCUT2D eigenvalue weighted by Gasteiger charge is -2.11. The van der Waals surface area contributed by atoms with Crippen LogP contribution in [0.15, 0.2) is 50.5 Å². The van der Waals surface area contributed by atoms with Crippen molar-refractivity contribution in [2.45, 2.75) is 4.90 Å². The van der Waals surface area contributed by atoms with Crippen LogP contribution < -0.4 is 4.72 Å². The van der Waals surface area contributed by atoms with Gasteiger partial charge in [0.1, 0.15) is 4.90 Å². The first-order chi connectivity index (χ1) is 9.79. The lowest BCUT2D eigenvalue weighted by atomic mass is 10.2. The number of carboxylic acids is 1. The van der Waals surface area contributed by atoms with Gasteiger partial charge in [-0.1, -0.05) is 15.9 Å². The fraction of sp³-hybridized carbons (Fsp3) is 0. The SMILES string of the molecule is O=C(O)c1cc(Br)ccc1NS(=O)(=O)c1cncc(Br)c1. The molecule has 6 nitrogen and oxygen atoms in total. The van der Waals surface area contributed by atoms with Crippen molar-refractivity contribution in [2.24, 2.45) is 0 Å². The van der Waals surface area contributed by atoms with E-state index < -0.39 is 16.0 Å². The first kappa shape index (κ1) is 15.9. The normalized spacial score (nSPS) is 11.1. The minimum atomic E-state index is -3.93. The Kier molecular flexibility index (Phi) is 4.64. The summed E-state index contributed by atoms with van der Waals surface area (Å²) in [6.45, 7) is 0. The zero-order valence-electron chi connectivity index (χ0n) is 10.2. The molecule has 9 heteroatoms. The van der Waals surface area contributed by atoms with E-state index in [1.807, 2.05) is 0 Å². The highest BCUT2D eigenvalue weighted by atomic mass is 79.9. The average Bonchev–Trinajstić information content (AvgIpc) is 2.40.